The SMILES string of the molecule is O=C(CN1C(=O)CN(c2ccccc2)C1=O)Nc1ccc(F)cc1Cl. The van der Waals surface area contributed by atoms with Gasteiger partial charge in [-0.25, -0.2) is 9.18 Å². The number of benzene rings is 2. The zero-order valence-electron chi connectivity index (χ0n) is 12.9. The van der Waals surface area contributed by atoms with Crippen LogP contribution in [0.2, 0.25) is 5.02 Å². The maximum Gasteiger partial charge on any atom is 0.332 e. The molecule has 1 aliphatic heterocycles. The first-order valence-electron chi connectivity index (χ1n) is 7.37. The van der Waals surface area contributed by atoms with Crippen LogP contribution in [0.25, 0.3) is 0 Å². The van der Waals surface area contributed by atoms with E-state index in [2.05, 4.69) is 5.32 Å². The van der Waals surface area contributed by atoms with Gasteiger partial charge in [0.05, 0.1) is 10.7 Å². The summed E-state index contributed by atoms with van der Waals surface area (Å²) in [5.41, 5.74) is 0.775. The number of hydrogen-bond acceptors (Lipinski definition) is 3. The molecule has 1 fully saturated rings. The van der Waals surface area contributed by atoms with E-state index in [0.29, 0.717) is 5.69 Å². The fourth-order valence-electron chi connectivity index (χ4n) is 2.43. The summed E-state index contributed by atoms with van der Waals surface area (Å²) in [6.07, 6.45) is 0. The molecule has 0 radical (unpaired) electrons. The Morgan fingerprint density at radius 2 is 1.88 bits per heavy atom. The van der Waals surface area contributed by atoms with Gasteiger partial charge in [-0.15, -0.1) is 0 Å². The fourth-order valence-corrected chi connectivity index (χ4v) is 2.64. The summed E-state index contributed by atoms with van der Waals surface area (Å²) < 4.78 is 13.0. The Balaban J connectivity index is 1.69. The predicted molar refractivity (Wildman–Crippen MR) is 90.9 cm³/mol. The minimum Gasteiger partial charge on any atom is -0.323 e. The molecule has 6 nitrogen and oxygen atoms in total. The average molecular weight is 362 g/mol. The topological polar surface area (TPSA) is 69.7 Å². The number of urea groups is 1. The first-order valence-corrected chi connectivity index (χ1v) is 7.75. The molecule has 2 aromatic rings. The molecule has 0 aliphatic carbocycles. The van der Waals surface area contributed by atoms with E-state index < -0.39 is 30.2 Å². The van der Waals surface area contributed by atoms with Gasteiger partial charge in [0, 0.05) is 5.69 Å². The predicted octanol–water partition coefficient (Wildman–Crippen LogP) is 2.89. The molecule has 1 heterocycles. The Kier molecular flexibility index (Phi) is 4.67. The van der Waals surface area contributed by atoms with Crippen molar-refractivity contribution in [3.63, 3.8) is 0 Å². The van der Waals surface area contributed by atoms with Gasteiger partial charge in [-0.1, -0.05) is 29.8 Å². The van der Waals surface area contributed by atoms with E-state index in [4.69, 9.17) is 11.6 Å². The molecule has 0 bridgehead atoms. The molecule has 1 N–H and O–H groups in total. The van der Waals surface area contributed by atoms with Crippen molar-refractivity contribution in [3.8, 4) is 0 Å². The van der Waals surface area contributed by atoms with Gasteiger partial charge in [0.25, 0.3) is 5.91 Å². The molecule has 3 rings (SSSR count). The molecular formula is C17H13ClFN3O3. The van der Waals surface area contributed by atoms with Crippen LogP contribution in [-0.4, -0.2) is 35.8 Å². The smallest absolute Gasteiger partial charge is 0.323 e. The largest absolute Gasteiger partial charge is 0.332 e. The second kappa shape index (κ2) is 6.90. The van der Waals surface area contributed by atoms with E-state index in [1.54, 1.807) is 30.3 Å². The van der Waals surface area contributed by atoms with E-state index >= 15 is 0 Å². The van der Waals surface area contributed by atoms with Crippen LogP contribution in [0.15, 0.2) is 48.5 Å². The van der Waals surface area contributed by atoms with Crippen LogP contribution in [0.5, 0.6) is 0 Å². The van der Waals surface area contributed by atoms with E-state index in [-0.39, 0.29) is 17.3 Å². The minimum absolute atomic E-state index is 0.0262. The van der Waals surface area contributed by atoms with Gasteiger partial charge in [-0.3, -0.25) is 19.4 Å². The molecule has 128 valence electrons. The number of imide groups is 1. The molecule has 0 saturated carbocycles. The minimum atomic E-state index is -0.606. The van der Waals surface area contributed by atoms with Crippen molar-refractivity contribution < 1.29 is 18.8 Å². The highest BCUT2D eigenvalue weighted by atomic mass is 35.5. The third-order valence-electron chi connectivity index (χ3n) is 3.63. The molecule has 0 atom stereocenters. The van der Waals surface area contributed by atoms with Crippen LogP contribution in [0.1, 0.15) is 0 Å². The molecule has 1 saturated heterocycles. The van der Waals surface area contributed by atoms with Crippen molar-refractivity contribution >= 4 is 40.8 Å². The zero-order chi connectivity index (χ0) is 18.0. The number of rotatable bonds is 4. The second-order valence-corrected chi connectivity index (χ2v) is 5.76. The van der Waals surface area contributed by atoms with Gasteiger partial charge in [-0.05, 0) is 30.3 Å². The van der Waals surface area contributed by atoms with E-state index in [9.17, 15) is 18.8 Å². The third-order valence-corrected chi connectivity index (χ3v) is 3.94. The number of carbonyl (C=O) groups excluding carboxylic acids is 3. The summed E-state index contributed by atoms with van der Waals surface area (Å²) in [5, 5.41) is 2.48. The molecule has 4 amide bonds. The summed E-state index contributed by atoms with van der Waals surface area (Å²) in [6, 6.07) is 11.6. The zero-order valence-corrected chi connectivity index (χ0v) is 13.7. The first-order chi connectivity index (χ1) is 12.0. The highest BCUT2D eigenvalue weighted by molar-refractivity contribution is 6.33. The van der Waals surface area contributed by atoms with Gasteiger partial charge in [0.15, 0.2) is 0 Å². The number of para-hydroxylation sites is 1. The molecule has 1 aliphatic rings. The third kappa shape index (κ3) is 3.61. The molecule has 25 heavy (non-hydrogen) atoms. The maximum atomic E-state index is 13.0. The van der Waals surface area contributed by atoms with Crippen LogP contribution in [-0.2, 0) is 9.59 Å². The molecular weight excluding hydrogens is 349 g/mol. The summed E-state index contributed by atoms with van der Waals surface area (Å²) in [7, 11) is 0. The van der Waals surface area contributed by atoms with Crippen molar-refractivity contribution in [1.82, 2.24) is 4.90 Å². The standard InChI is InChI=1S/C17H13ClFN3O3/c18-13-8-11(19)6-7-14(13)20-15(23)9-22-16(24)10-21(17(22)25)12-4-2-1-3-5-12/h1-8H,9-10H2,(H,20,23). The van der Waals surface area contributed by atoms with Gasteiger partial charge in [0.1, 0.15) is 18.9 Å². The number of amides is 4. The Bertz CT molecular complexity index is 844. The van der Waals surface area contributed by atoms with Crippen molar-refractivity contribution in [2.24, 2.45) is 0 Å². The van der Waals surface area contributed by atoms with Gasteiger partial charge >= 0.3 is 6.03 Å². The molecule has 2 aromatic carbocycles. The Morgan fingerprint density at radius 1 is 1.16 bits per heavy atom. The monoisotopic (exact) mass is 361 g/mol. The molecule has 0 spiro atoms. The van der Waals surface area contributed by atoms with Gasteiger partial charge < -0.3 is 5.32 Å². The maximum absolute atomic E-state index is 13.0. The van der Waals surface area contributed by atoms with Crippen LogP contribution in [0.3, 0.4) is 0 Å². The van der Waals surface area contributed by atoms with Crippen LogP contribution in [0.4, 0.5) is 20.6 Å². The van der Waals surface area contributed by atoms with Crippen LogP contribution < -0.4 is 10.2 Å². The second-order valence-electron chi connectivity index (χ2n) is 5.36. The van der Waals surface area contributed by atoms with Gasteiger partial charge in [-0.2, -0.15) is 0 Å². The average Bonchev–Trinajstić information content (AvgIpc) is 2.86. The number of nitrogens with one attached hydrogen (secondary N) is 1. The Hall–Kier alpha value is -2.93. The quantitative estimate of drug-likeness (QED) is 0.851. The molecule has 0 unspecified atom stereocenters. The number of carbonyl (C=O) groups is 3. The lowest BCUT2D eigenvalue weighted by Gasteiger charge is -2.17. The number of hydrogen-bond donors (Lipinski definition) is 1. The van der Waals surface area contributed by atoms with E-state index in [1.807, 2.05) is 0 Å². The lowest BCUT2D eigenvalue weighted by molar-refractivity contribution is -0.128. The number of anilines is 2. The molecule has 8 heteroatoms. The van der Waals surface area contributed by atoms with Crippen LogP contribution >= 0.6 is 11.6 Å². The van der Waals surface area contributed by atoms with Gasteiger partial charge in [0.2, 0.25) is 5.91 Å². The van der Waals surface area contributed by atoms with Crippen molar-refractivity contribution in [3.05, 3.63) is 59.4 Å². The van der Waals surface area contributed by atoms with E-state index in [0.717, 1.165) is 17.0 Å². The summed E-state index contributed by atoms with van der Waals surface area (Å²) in [4.78, 5) is 38.7. The first kappa shape index (κ1) is 16.9. The van der Waals surface area contributed by atoms with Crippen molar-refractivity contribution in [1.29, 1.82) is 0 Å². The van der Waals surface area contributed by atoms with Crippen molar-refractivity contribution in [2.75, 3.05) is 23.3 Å². The van der Waals surface area contributed by atoms with Crippen LogP contribution in [0, 0.1) is 5.82 Å². The highest BCUT2D eigenvalue weighted by Crippen LogP contribution is 2.23. The lowest BCUT2D eigenvalue weighted by atomic mass is 10.3. The summed E-state index contributed by atoms with van der Waals surface area (Å²) in [5.74, 6) is -1.62. The summed E-state index contributed by atoms with van der Waals surface area (Å²) in [6.45, 7) is -0.581. The lowest BCUT2D eigenvalue weighted by Crippen LogP contribution is -2.39. The molecule has 0 aromatic heterocycles. The van der Waals surface area contributed by atoms with E-state index in [1.165, 1.54) is 11.0 Å². The number of nitrogens with zero attached hydrogens (tertiary/aromatic N) is 2. The number of halogens is 2. The van der Waals surface area contributed by atoms with Crippen molar-refractivity contribution in [2.45, 2.75) is 0 Å². The summed E-state index contributed by atoms with van der Waals surface area (Å²) >= 11 is 5.84. The Morgan fingerprint density at radius 3 is 2.56 bits per heavy atom. The normalized spacial score (nSPS) is 14.2. The Labute approximate surface area is 147 Å². The fraction of sp³-hybridized carbons (Fsp3) is 0.118. The highest BCUT2D eigenvalue weighted by Gasteiger charge is 2.37.